The van der Waals surface area contributed by atoms with Crippen molar-refractivity contribution in [2.45, 2.75) is 31.9 Å². The molecule has 0 aliphatic heterocycles. The van der Waals surface area contributed by atoms with Gasteiger partial charge in [-0.15, -0.1) is 0 Å². The fourth-order valence-corrected chi connectivity index (χ4v) is 2.69. The van der Waals surface area contributed by atoms with Crippen LogP contribution in [0.3, 0.4) is 0 Å². The summed E-state index contributed by atoms with van der Waals surface area (Å²) >= 11 is 0. The van der Waals surface area contributed by atoms with Gasteiger partial charge in [0.1, 0.15) is 0 Å². The predicted molar refractivity (Wildman–Crippen MR) is 75.0 cm³/mol. The van der Waals surface area contributed by atoms with Gasteiger partial charge in [0.15, 0.2) is 17.5 Å². The van der Waals surface area contributed by atoms with Crippen LogP contribution < -0.4 is 0 Å². The molecule has 147 valence electrons. The van der Waals surface area contributed by atoms with Crippen LogP contribution in [0.15, 0.2) is 18.2 Å². The molecule has 0 unspecified atom stereocenters. The normalized spacial score (nSPS) is 13.2. The Morgan fingerprint density at radius 2 is 1.30 bits per heavy atom. The molecule has 0 spiro atoms. The molecule has 0 nitrogen and oxygen atoms in total. The molecule has 0 saturated heterocycles. The van der Waals surface area contributed by atoms with Gasteiger partial charge in [-0.3, -0.25) is 0 Å². The summed E-state index contributed by atoms with van der Waals surface area (Å²) in [6, 6.07) is 3.26. The number of aryl methyl sites for hydroxylation is 2. The van der Waals surface area contributed by atoms with Gasteiger partial charge in [-0.1, -0.05) is 6.07 Å². The van der Waals surface area contributed by atoms with Gasteiger partial charge < -0.3 is 0 Å². The van der Waals surface area contributed by atoms with Gasteiger partial charge in [-0.25, -0.2) is 17.6 Å². The van der Waals surface area contributed by atoms with E-state index in [1.807, 2.05) is 0 Å². The van der Waals surface area contributed by atoms with Crippen molar-refractivity contribution in [1.82, 2.24) is 0 Å². The first kappa shape index (κ1) is 21.0. The molecule has 0 amide bonds. The van der Waals surface area contributed by atoms with Crippen molar-refractivity contribution >= 4 is 0 Å². The highest BCUT2D eigenvalue weighted by molar-refractivity contribution is 5.73. The van der Waals surface area contributed by atoms with Gasteiger partial charge in [0.05, 0.1) is 0 Å². The van der Waals surface area contributed by atoms with Gasteiger partial charge in [0, 0.05) is 11.1 Å². The van der Waals surface area contributed by atoms with E-state index in [1.54, 1.807) is 0 Å². The Hall–Kier alpha value is -2.26. The monoisotopic (exact) mass is 403 g/mol. The summed E-state index contributed by atoms with van der Waals surface area (Å²) < 4.78 is 134. The van der Waals surface area contributed by atoms with E-state index in [9.17, 15) is 43.9 Å². The van der Waals surface area contributed by atoms with Crippen LogP contribution in [0.5, 0.6) is 0 Å². The Kier molecular flexibility index (Phi) is 5.00. The maximum absolute atomic E-state index is 14.6. The Bertz CT molecular complexity index is 863. The highest BCUT2D eigenvalue weighted by Gasteiger charge is 2.74. The van der Waals surface area contributed by atoms with Crippen molar-refractivity contribution in [3.63, 3.8) is 0 Å². The van der Waals surface area contributed by atoms with E-state index in [0.717, 1.165) is 13.8 Å². The SMILES string of the molecule is Cc1[c]c(C)c(-c2ccc(F)c(F)c2F)c(C(F)(C(F)(F)F)C(F)(F)F)c1. The van der Waals surface area contributed by atoms with Crippen molar-refractivity contribution in [2.75, 3.05) is 0 Å². The fraction of sp³-hybridized carbons (Fsp3) is 0.294. The third-order valence-electron chi connectivity index (χ3n) is 3.85. The van der Waals surface area contributed by atoms with Crippen LogP contribution in [0.2, 0.25) is 0 Å². The smallest absolute Gasteiger partial charge is 0.218 e. The summed E-state index contributed by atoms with van der Waals surface area (Å²) in [5.41, 5.74) is -11.0. The summed E-state index contributed by atoms with van der Waals surface area (Å²) in [7, 11) is 0. The lowest BCUT2D eigenvalue weighted by Crippen LogP contribution is -2.50. The lowest BCUT2D eigenvalue weighted by atomic mass is 9.83. The number of hydrogen-bond donors (Lipinski definition) is 0. The first-order valence-corrected chi connectivity index (χ1v) is 7.13. The topological polar surface area (TPSA) is 0 Å². The molecule has 2 aromatic rings. The second-order valence-electron chi connectivity index (χ2n) is 5.74. The minimum Gasteiger partial charge on any atom is -0.218 e. The number of alkyl halides is 7. The molecule has 0 atom stereocenters. The Morgan fingerprint density at radius 1 is 0.778 bits per heavy atom. The molecule has 0 N–H and O–H groups in total. The number of benzene rings is 2. The molecule has 0 aromatic heterocycles. The van der Waals surface area contributed by atoms with Gasteiger partial charge in [-0.05, 0) is 48.7 Å². The lowest BCUT2D eigenvalue weighted by molar-refractivity contribution is -0.348. The molecule has 0 bridgehead atoms. The van der Waals surface area contributed by atoms with E-state index in [4.69, 9.17) is 0 Å². The summed E-state index contributed by atoms with van der Waals surface area (Å²) in [6.45, 7) is 1.99. The van der Waals surface area contributed by atoms with Gasteiger partial charge in [0.25, 0.3) is 0 Å². The van der Waals surface area contributed by atoms with E-state index in [-0.39, 0.29) is 11.6 Å². The van der Waals surface area contributed by atoms with Crippen LogP contribution in [-0.4, -0.2) is 12.4 Å². The predicted octanol–water partition coefficient (Wildman–Crippen LogP) is 6.48. The molecule has 2 aromatic carbocycles. The zero-order chi connectivity index (χ0) is 20.9. The van der Waals surface area contributed by atoms with E-state index in [2.05, 4.69) is 6.07 Å². The molecule has 27 heavy (non-hydrogen) atoms. The van der Waals surface area contributed by atoms with Crippen LogP contribution in [-0.2, 0) is 5.67 Å². The van der Waals surface area contributed by atoms with Crippen molar-refractivity contribution < 1.29 is 43.9 Å². The molecule has 0 fully saturated rings. The molecule has 0 saturated carbocycles. The molecular weight excluding hydrogens is 394 g/mol. The number of hydrogen-bond acceptors (Lipinski definition) is 0. The zero-order valence-corrected chi connectivity index (χ0v) is 13.5. The summed E-state index contributed by atoms with van der Waals surface area (Å²) in [5, 5.41) is 0. The van der Waals surface area contributed by atoms with Crippen molar-refractivity contribution in [1.29, 1.82) is 0 Å². The second-order valence-corrected chi connectivity index (χ2v) is 5.74. The standard InChI is InChI=1S/C17H9F10/c1-7-5-8(2)12(9-3-4-11(18)14(20)13(9)19)10(6-7)15(21,16(22,23)24)17(25,26)27/h3-4,6H,1-2H3. The van der Waals surface area contributed by atoms with Gasteiger partial charge >= 0.3 is 18.0 Å². The highest BCUT2D eigenvalue weighted by atomic mass is 19.4. The van der Waals surface area contributed by atoms with E-state index < -0.39 is 57.7 Å². The minimum absolute atomic E-state index is 0.198. The number of rotatable bonds is 2. The summed E-state index contributed by atoms with van der Waals surface area (Å²) in [6.07, 6.45) is -12.9. The van der Waals surface area contributed by atoms with Crippen LogP contribution in [0.4, 0.5) is 43.9 Å². The third kappa shape index (κ3) is 3.25. The Balaban J connectivity index is 3.02. The maximum atomic E-state index is 14.6. The van der Waals surface area contributed by atoms with Crippen molar-refractivity contribution in [3.8, 4) is 11.1 Å². The fourth-order valence-electron chi connectivity index (χ4n) is 2.69. The largest absolute Gasteiger partial charge is 0.435 e. The van der Waals surface area contributed by atoms with Crippen LogP contribution in [0.1, 0.15) is 16.7 Å². The summed E-state index contributed by atoms with van der Waals surface area (Å²) in [4.78, 5) is 0. The molecule has 0 heterocycles. The average molecular weight is 403 g/mol. The molecule has 0 aliphatic carbocycles. The highest BCUT2D eigenvalue weighted by Crippen LogP contribution is 2.56. The lowest BCUT2D eigenvalue weighted by Gasteiger charge is -2.32. The average Bonchev–Trinajstić information content (AvgIpc) is 2.50. The molecular formula is C17H9F10. The van der Waals surface area contributed by atoms with Crippen LogP contribution >= 0.6 is 0 Å². The third-order valence-corrected chi connectivity index (χ3v) is 3.85. The van der Waals surface area contributed by atoms with Crippen LogP contribution in [0.25, 0.3) is 11.1 Å². The van der Waals surface area contributed by atoms with E-state index in [1.165, 1.54) is 0 Å². The Labute approximate surface area is 146 Å². The van der Waals surface area contributed by atoms with E-state index >= 15 is 0 Å². The summed E-state index contributed by atoms with van der Waals surface area (Å²) in [5.74, 6) is -5.89. The first-order valence-electron chi connectivity index (χ1n) is 7.13. The number of halogens is 10. The molecule has 10 heteroatoms. The van der Waals surface area contributed by atoms with Gasteiger partial charge in [-0.2, -0.15) is 26.3 Å². The van der Waals surface area contributed by atoms with Gasteiger partial charge in [0.2, 0.25) is 0 Å². The Morgan fingerprint density at radius 3 is 1.78 bits per heavy atom. The second kappa shape index (κ2) is 6.42. The van der Waals surface area contributed by atoms with Crippen molar-refractivity contribution in [2.24, 2.45) is 0 Å². The zero-order valence-electron chi connectivity index (χ0n) is 13.5. The molecule has 0 aliphatic rings. The maximum Gasteiger partial charge on any atom is 0.435 e. The molecule has 2 rings (SSSR count). The molecule has 1 radical (unpaired) electrons. The minimum atomic E-state index is -6.46. The van der Waals surface area contributed by atoms with Crippen molar-refractivity contribution in [3.05, 3.63) is 58.4 Å². The first-order chi connectivity index (χ1) is 12.1. The quantitative estimate of drug-likeness (QED) is 0.398. The van der Waals surface area contributed by atoms with E-state index in [0.29, 0.717) is 12.1 Å². The van der Waals surface area contributed by atoms with Crippen LogP contribution in [0, 0.1) is 37.4 Å².